The normalized spacial score (nSPS) is 11.2. The van der Waals surface area contributed by atoms with Crippen LogP contribution in [0.2, 0.25) is 5.02 Å². The Hall–Kier alpha value is -1.42. The Balaban J connectivity index is 2.72. The fraction of sp³-hybridized carbons (Fsp3) is 0.250. The smallest absolute Gasteiger partial charge is 0.387 e. The molecule has 2 rings (SSSR count). The molecule has 0 aliphatic carbocycles. The highest BCUT2D eigenvalue weighted by molar-refractivity contribution is 6.36. The number of ether oxygens (including phenoxy) is 1. The Kier molecular flexibility index (Phi) is 3.15. The summed E-state index contributed by atoms with van der Waals surface area (Å²) in [5, 5.41) is 1.14. The van der Waals surface area contributed by atoms with E-state index in [9.17, 15) is 8.78 Å². The number of nitrogens with zero attached hydrogens (tertiary/aromatic N) is 1. The van der Waals surface area contributed by atoms with E-state index < -0.39 is 6.61 Å². The van der Waals surface area contributed by atoms with Crippen LogP contribution in [0, 0.1) is 13.8 Å². The monoisotopic (exact) mass is 257 g/mol. The second-order valence-corrected chi connectivity index (χ2v) is 4.04. The van der Waals surface area contributed by atoms with Gasteiger partial charge >= 0.3 is 6.61 Å². The van der Waals surface area contributed by atoms with Gasteiger partial charge < -0.3 is 4.74 Å². The molecule has 0 aliphatic rings. The first kappa shape index (κ1) is 12.0. The van der Waals surface area contributed by atoms with Gasteiger partial charge in [-0.25, -0.2) is 4.98 Å². The third kappa shape index (κ3) is 2.17. The van der Waals surface area contributed by atoms with E-state index in [0.717, 1.165) is 5.56 Å². The Morgan fingerprint density at radius 3 is 2.65 bits per heavy atom. The first-order chi connectivity index (χ1) is 8.00. The molecule has 0 radical (unpaired) electrons. The highest BCUT2D eigenvalue weighted by Crippen LogP contribution is 2.33. The molecule has 1 aromatic carbocycles. The van der Waals surface area contributed by atoms with Crippen LogP contribution in [0.1, 0.15) is 11.3 Å². The van der Waals surface area contributed by atoms with Crippen molar-refractivity contribution in [2.24, 2.45) is 0 Å². The molecule has 2 aromatic rings. The largest absolute Gasteiger partial charge is 0.432 e. The van der Waals surface area contributed by atoms with Crippen molar-refractivity contribution in [2.75, 3.05) is 0 Å². The Labute approximate surface area is 102 Å². The number of aryl methyl sites for hydroxylation is 1. The minimum atomic E-state index is -2.87. The number of rotatable bonds is 2. The summed E-state index contributed by atoms with van der Waals surface area (Å²) in [4.78, 5) is 4.25. The number of hydrogen-bond acceptors (Lipinski definition) is 2. The molecule has 90 valence electrons. The van der Waals surface area contributed by atoms with Gasteiger partial charge in [0.15, 0.2) is 5.75 Å². The van der Waals surface area contributed by atoms with E-state index in [4.69, 9.17) is 11.6 Å². The molecule has 0 atom stereocenters. The number of halogens is 3. The second kappa shape index (κ2) is 4.45. The minimum Gasteiger partial charge on any atom is -0.432 e. The molecule has 0 amide bonds. The van der Waals surface area contributed by atoms with Gasteiger partial charge in [0.25, 0.3) is 0 Å². The van der Waals surface area contributed by atoms with Crippen molar-refractivity contribution in [3.8, 4) is 5.75 Å². The number of pyridine rings is 1. The number of aromatic nitrogens is 1. The highest BCUT2D eigenvalue weighted by atomic mass is 35.5. The van der Waals surface area contributed by atoms with Crippen molar-refractivity contribution >= 4 is 22.5 Å². The van der Waals surface area contributed by atoms with E-state index in [0.29, 0.717) is 21.6 Å². The molecule has 0 aliphatic heterocycles. The molecular weight excluding hydrogens is 248 g/mol. The van der Waals surface area contributed by atoms with Crippen LogP contribution in [-0.4, -0.2) is 11.6 Å². The standard InChI is InChI=1S/C12H10ClF2NO/c1-6-7(2)16-11-8(10(6)13)4-3-5-9(11)17-12(14)15/h3-5,12H,1-2H3. The molecule has 0 spiro atoms. The molecule has 0 N–H and O–H groups in total. The van der Waals surface area contributed by atoms with Crippen LogP contribution in [0.5, 0.6) is 5.75 Å². The Bertz CT molecular complexity index is 572. The van der Waals surface area contributed by atoms with Gasteiger partial charge in [-0.15, -0.1) is 0 Å². The first-order valence-corrected chi connectivity index (χ1v) is 5.38. The van der Waals surface area contributed by atoms with E-state index in [1.54, 1.807) is 19.1 Å². The van der Waals surface area contributed by atoms with Crippen molar-refractivity contribution in [3.63, 3.8) is 0 Å². The summed E-state index contributed by atoms with van der Waals surface area (Å²) in [6, 6.07) is 4.80. The zero-order chi connectivity index (χ0) is 12.6. The van der Waals surface area contributed by atoms with Crippen molar-refractivity contribution in [2.45, 2.75) is 20.5 Å². The van der Waals surface area contributed by atoms with E-state index in [1.807, 2.05) is 6.92 Å². The lowest BCUT2D eigenvalue weighted by Crippen LogP contribution is -2.03. The van der Waals surface area contributed by atoms with Crippen LogP contribution in [0.25, 0.3) is 10.9 Å². The van der Waals surface area contributed by atoms with Crippen molar-refractivity contribution < 1.29 is 13.5 Å². The number of para-hydroxylation sites is 1. The highest BCUT2D eigenvalue weighted by Gasteiger charge is 2.13. The van der Waals surface area contributed by atoms with Gasteiger partial charge in [-0.2, -0.15) is 8.78 Å². The van der Waals surface area contributed by atoms with Gasteiger partial charge in [0.05, 0.1) is 5.02 Å². The van der Waals surface area contributed by atoms with Gasteiger partial charge in [-0.05, 0) is 25.5 Å². The van der Waals surface area contributed by atoms with Gasteiger partial charge in [0, 0.05) is 11.1 Å². The van der Waals surface area contributed by atoms with Crippen LogP contribution in [0.4, 0.5) is 8.78 Å². The van der Waals surface area contributed by atoms with Gasteiger partial charge in [0.2, 0.25) is 0 Å². The van der Waals surface area contributed by atoms with E-state index in [2.05, 4.69) is 9.72 Å². The third-order valence-electron chi connectivity index (χ3n) is 2.60. The minimum absolute atomic E-state index is 0.0440. The SMILES string of the molecule is Cc1nc2c(OC(F)F)cccc2c(Cl)c1C. The molecule has 0 saturated heterocycles. The summed E-state index contributed by atoms with van der Waals surface area (Å²) in [6.07, 6.45) is 0. The topological polar surface area (TPSA) is 22.1 Å². The van der Waals surface area contributed by atoms with Crippen LogP contribution in [0.3, 0.4) is 0 Å². The van der Waals surface area contributed by atoms with E-state index in [-0.39, 0.29) is 5.75 Å². The zero-order valence-corrected chi connectivity index (χ0v) is 10.1. The van der Waals surface area contributed by atoms with Crippen LogP contribution < -0.4 is 4.74 Å². The molecule has 0 bridgehead atoms. The number of alkyl halides is 2. The van der Waals surface area contributed by atoms with E-state index >= 15 is 0 Å². The number of fused-ring (bicyclic) bond motifs is 1. The maximum Gasteiger partial charge on any atom is 0.387 e. The lowest BCUT2D eigenvalue weighted by atomic mass is 10.1. The van der Waals surface area contributed by atoms with Crippen molar-refractivity contribution in [3.05, 3.63) is 34.5 Å². The summed E-state index contributed by atoms with van der Waals surface area (Å²) >= 11 is 6.16. The predicted octanol–water partition coefficient (Wildman–Crippen LogP) is 4.11. The Morgan fingerprint density at radius 1 is 1.29 bits per heavy atom. The average molecular weight is 258 g/mol. The maximum atomic E-state index is 12.2. The first-order valence-electron chi connectivity index (χ1n) is 5.01. The summed E-state index contributed by atoms with van der Waals surface area (Å²) in [7, 11) is 0. The lowest BCUT2D eigenvalue weighted by molar-refractivity contribution is -0.0489. The molecule has 5 heteroatoms. The fourth-order valence-corrected chi connectivity index (χ4v) is 1.91. The van der Waals surface area contributed by atoms with Gasteiger partial charge in [0.1, 0.15) is 5.52 Å². The van der Waals surface area contributed by atoms with Gasteiger partial charge in [-0.1, -0.05) is 23.7 Å². The Morgan fingerprint density at radius 2 is 2.00 bits per heavy atom. The molecule has 0 unspecified atom stereocenters. The summed E-state index contributed by atoms with van der Waals surface area (Å²) < 4.78 is 28.9. The predicted molar refractivity (Wildman–Crippen MR) is 62.9 cm³/mol. The van der Waals surface area contributed by atoms with Gasteiger partial charge in [-0.3, -0.25) is 0 Å². The molecule has 1 heterocycles. The fourth-order valence-electron chi connectivity index (χ4n) is 1.62. The quantitative estimate of drug-likeness (QED) is 0.808. The summed E-state index contributed by atoms with van der Waals surface area (Å²) in [5.41, 5.74) is 1.90. The molecule has 2 nitrogen and oxygen atoms in total. The molecule has 1 aromatic heterocycles. The van der Waals surface area contributed by atoms with Crippen molar-refractivity contribution in [1.29, 1.82) is 0 Å². The van der Waals surface area contributed by atoms with Crippen LogP contribution in [0.15, 0.2) is 18.2 Å². The molecule has 0 fully saturated rings. The van der Waals surface area contributed by atoms with E-state index in [1.165, 1.54) is 6.07 Å². The molecule has 0 saturated carbocycles. The lowest BCUT2D eigenvalue weighted by Gasteiger charge is -2.11. The summed E-state index contributed by atoms with van der Waals surface area (Å²) in [6.45, 7) is 0.743. The zero-order valence-electron chi connectivity index (χ0n) is 9.30. The summed E-state index contributed by atoms with van der Waals surface area (Å²) in [5.74, 6) is 0.0440. The molecule has 17 heavy (non-hydrogen) atoms. The van der Waals surface area contributed by atoms with Crippen LogP contribution >= 0.6 is 11.6 Å². The number of benzene rings is 1. The molecular formula is C12H10ClF2NO. The second-order valence-electron chi connectivity index (χ2n) is 3.67. The van der Waals surface area contributed by atoms with Crippen molar-refractivity contribution in [1.82, 2.24) is 4.98 Å². The average Bonchev–Trinajstić information content (AvgIpc) is 2.27. The third-order valence-corrected chi connectivity index (χ3v) is 3.09. The number of hydrogen-bond donors (Lipinski definition) is 0. The maximum absolute atomic E-state index is 12.2. The van der Waals surface area contributed by atoms with Crippen LogP contribution in [-0.2, 0) is 0 Å².